The number of hydrogen-bond acceptors (Lipinski definition) is 4. The molecule has 0 saturated heterocycles. The lowest BCUT2D eigenvalue weighted by Crippen LogP contribution is -1.98. The Morgan fingerprint density at radius 3 is 2.37 bits per heavy atom. The van der Waals surface area contributed by atoms with E-state index in [0.29, 0.717) is 10.7 Å². The third-order valence-electron chi connectivity index (χ3n) is 2.60. The van der Waals surface area contributed by atoms with Crippen LogP contribution < -0.4 is 5.32 Å². The van der Waals surface area contributed by atoms with Gasteiger partial charge in [-0.3, -0.25) is 0 Å². The number of halogens is 1. The molecule has 19 heavy (non-hydrogen) atoms. The van der Waals surface area contributed by atoms with Crippen LogP contribution in [0.15, 0.2) is 45.9 Å². The molecular formula is C13H13BrN2O2S. The molecule has 0 amide bonds. The van der Waals surface area contributed by atoms with Crippen molar-refractivity contribution in [1.29, 1.82) is 0 Å². The molecule has 1 aromatic heterocycles. The highest BCUT2D eigenvalue weighted by Crippen LogP contribution is 2.21. The van der Waals surface area contributed by atoms with Crippen molar-refractivity contribution in [2.24, 2.45) is 0 Å². The highest BCUT2D eigenvalue weighted by molar-refractivity contribution is 9.10. The van der Waals surface area contributed by atoms with Crippen LogP contribution in [0.4, 0.5) is 11.5 Å². The highest BCUT2D eigenvalue weighted by atomic mass is 79.9. The van der Waals surface area contributed by atoms with Crippen molar-refractivity contribution in [2.45, 2.75) is 11.8 Å². The molecule has 0 spiro atoms. The number of sulfone groups is 1. The summed E-state index contributed by atoms with van der Waals surface area (Å²) >= 11 is 3.39. The molecular weight excluding hydrogens is 328 g/mol. The van der Waals surface area contributed by atoms with Gasteiger partial charge in [-0.1, -0.05) is 0 Å². The molecule has 100 valence electrons. The minimum atomic E-state index is -3.15. The Kier molecular flexibility index (Phi) is 3.91. The van der Waals surface area contributed by atoms with E-state index in [4.69, 9.17) is 0 Å². The average molecular weight is 341 g/mol. The number of aryl methyl sites for hydroxylation is 1. The van der Waals surface area contributed by atoms with Crippen LogP contribution in [-0.2, 0) is 9.84 Å². The molecule has 1 aromatic carbocycles. The van der Waals surface area contributed by atoms with Crippen LogP contribution in [0.3, 0.4) is 0 Å². The van der Waals surface area contributed by atoms with Crippen molar-refractivity contribution >= 4 is 37.3 Å². The van der Waals surface area contributed by atoms with Crippen LogP contribution >= 0.6 is 15.9 Å². The van der Waals surface area contributed by atoms with Gasteiger partial charge in [-0.2, -0.15) is 0 Å². The van der Waals surface area contributed by atoms with Crippen LogP contribution in [0.1, 0.15) is 5.56 Å². The average Bonchev–Trinajstić information content (AvgIpc) is 2.33. The van der Waals surface area contributed by atoms with Gasteiger partial charge in [0.05, 0.1) is 4.90 Å². The van der Waals surface area contributed by atoms with Crippen LogP contribution in [0.2, 0.25) is 0 Å². The number of nitrogens with zero attached hydrogens (tertiary/aromatic N) is 1. The summed E-state index contributed by atoms with van der Waals surface area (Å²) in [5, 5.41) is 3.12. The summed E-state index contributed by atoms with van der Waals surface area (Å²) in [6, 6.07) is 8.49. The van der Waals surface area contributed by atoms with Crippen molar-refractivity contribution < 1.29 is 8.42 Å². The van der Waals surface area contributed by atoms with Crippen LogP contribution in [0.25, 0.3) is 0 Å². The summed E-state index contributed by atoms with van der Waals surface area (Å²) in [6.07, 6.45) is 2.91. The maximum atomic E-state index is 11.3. The van der Waals surface area contributed by atoms with Crippen molar-refractivity contribution in [3.05, 3.63) is 46.6 Å². The first-order valence-corrected chi connectivity index (χ1v) is 8.24. The number of hydrogen-bond donors (Lipinski definition) is 1. The van der Waals surface area contributed by atoms with Crippen molar-refractivity contribution in [2.75, 3.05) is 11.6 Å². The molecule has 0 unspecified atom stereocenters. The predicted octanol–water partition coefficient (Wildman–Crippen LogP) is 3.30. The zero-order valence-electron chi connectivity index (χ0n) is 10.5. The topological polar surface area (TPSA) is 59.1 Å². The number of rotatable bonds is 3. The van der Waals surface area contributed by atoms with Crippen molar-refractivity contribution in [3.63, 3.8) is 0 Å². The number of nitrogens with one attached hydrogen (secondary N) is 1. The predicted molar refractivity (Wildman–Crippen MR) is 79.5 cm³/mol. The fraction of sp³-hybridized carbons (Fsp3) is 0.154. The molecule has 0 aliphatic rings. The Bertz CT molecular complexity index is 697. The van der Waals surface area contributed by atoms with Gasteiger partial charge >= 0.3 is 0 Å². The summed E-state index contributed by atoms with van der Waals surface area (Å²) in [6.45, 7) is 1.98. The van der Waals surface area contributed by atoms with Gasteiger partial charge in [0.15, 0.2) is 9.84 Å². The molecule has 0 fully saturated rings. The first-order valence-electron chi connectivity index (χ1n) is 5.55. The second-order valence-electron chi connectivity index (χ2n) is 4.24. The lowest BCUT2D eigenvalue weighted by molar-refractivity contribution is 0.602. The molecule has 2 aromatic rings. The van der Waals surface area contributed by atoms with E-state index in [1.807, 2.05) is 13.0 Å². The molecule has 0 atom stereocenters. The maximum Gasteiger partial charge on any atom is 0.175 e. The van der Waals surface area contributed by atoms with Gasteiger partial charge in [-0.15, -0.1) is 0 Å². The maximum absolute atomic E-state index is 11.3. The zero-order chi connectivity index (χ0) is 14.0. The molecule has 2 rings (SSSR count). The van der Waals surface area contributed by atoms with E-state index in [2.05, 4.69) is 26.2 Å². The van der Waals surface area contributed by atoms with E-state index in [0.717, 1.165) is 15.7 Å². The number of aromatic nitrogens is 1. The minimum Gasteiger partial charge on any atom is -0.340 e. The molecule has 0 radical (unpaired) electrons. The molecule has 0 aliphatic heterocycles. The van der Waals surface area contributed by atoms with Crippen LogP contribution in [-0.4, -0.2) is 19.7 Å². The Hall–Kier alpha value is -1.40. The standard InChI is InChI=1S/C13H13BrN2O2S/c1-9-7-13(15-8-12(9)14)16-10-3-5-11(6-4-10)19(2,17)18/h3-8H,1-2H3,(H,15,16). The van der Waals surface area contributed by atoms with Gasteiger partial charge in [-0.25, -0.2) is 13.4 Å². The Morgan fingerprint density at radius 2 is 1.84 bits per heavy atom. The van der Waals surface area contributed by atoms with Crippen molar-refractivity contribution in [1.82, 2.24) is 4.98 Å². The largest absolute Gasteiger partial charge is 0.340 e. The van der Waals surface area contributed by atoms with Crippen molar-refractivity contribution in [3.8, 4) is 0 Å². The Labute approximate surface area is 120 Å². The summed E-state index contributed by atoms with van der Waals surface area (Å²) in [5.41, 5.74) is 1.87. The molecule has 4 nitrogen and oxygen atoms in total. The molecule has 1 heterocycles. The summed E-state index contributed by atoms with van der Waals surface area (Å²) in [5.74, 6) is 0.716. The molecule has 0 saturated carbocycles. The molecule has 6 heteroatoms. The van der Waals surface area contributed by atoms with Gasteiger partial charge in [0.2, 0.25) is 0 Å². The van der Waals surface area contributed by atoms with Crippen LogP contribution in [0.5, 0.6) is 0 Å². The fourth-order valence-corrected chi connectivity index (χ4v) is 2.39. The third-order valence-corrected chi connectivity index (χ3v) is 4.56. The van der Waals surface area contributed by atoms with Gasteiger partial charge in [-0.05, 0) is 58.7 Å². The second-order valence-corrected chi connectivity index (χ2v) is 7.11. The third kappa shape index (κ3) is 3.54. The Balaban J connectivity index is 2.22. The smallest absolute Gasteiger partial charge is 0.175 e. The number of pyridine rings is 1. The lowest BCUT2D eigenvalue weighted by Gasteiger charge is -2.07. The SMILES string of the molecule is Cc1cc(Nc2ccc(S(C)(=O)=O)cc2)ncc1Br. The van der Waals surface area contributed by atoms with E-state index >= 15 is 0 Å². The first-order chi connectivity index (χ1) is 8.86. The van der Waals surface area contributed by atoms with Gasteiger partial charge in [0, 0.05) is 22.6 Å². The molecule has 0 bridgehead atoms. The summed E-state index contributed by atoms with van der Waals surface area (Å²) in [7, 11) is -3.15. The van der Waals surface area contributed by atoms with Gasteiger partial charge in [0.25, 0.3) is 0 Å². The van der Waals surface area contributed by atoms with E-state index in [1.54, 1.807) is 30.5 Å². The van der Waals surface area contributed by atoms with E-state index in [1.165, 1.54) is 6.26 Å². The minimum absolute atomic E-state index is 0.304. The normalized spacial score (nSPS) is 11.3. The fourth-order valence-electron chi connectivity index (χ4n) is 1.54. The van der Waals surface area contributed by atoms with Gasteiger partial charge < -0.3 is 5.32 Å². The van der Waals surface area contributed by atoms with E-state index < -0.39 is 9.84 Å². The zero-order valence-corrected chi connectivity index (χ0v) is 12.9. The molecule has 0 aliphatic carbocycles. The number of anilines is 2. The monoisotopic (exact) mass is 340 g/mol. The quantitative estimate of drug-likeness (QED) is 0.931. The number of benzene rings is 1. The Morgan fingerprint density at radius 1 is 1.21 bits per heavy atom. The summed E-state index contributed by atoms with van der Waals surface area (Å²) in [4.78, 5) is 4.53. The van der Waals surface area contributed by atoms with E-state index in [-0.39, 0.29) is 0 Å². The second kappa shape index (κ2) is 5.30. The van der Waals surface area contributed by atoms with E-state index in [9.17, 15) is 8.42 Å². The molecule has 1 N–H and O–H groups in total. The summed E-state index contributed by atoms with van der Waals surface area (Å²) < 4.78 is 23.6. The van der Waals surface area contributed by atoms with Gasteiger partial charge in [0.1, 0.15) is 5.82 Å². The van der Waals surface area contributed by atoms with Crippen LogP contribution in [0, 0.1) is 6.92 Å². The lowest BCUT2D eigenvalue weighted by atomic mass is 10.3. The highest BCUT2D eigenvalue weighted by Gasteiger charge is 2.06. The first kappa shape index (κ1) is 14.0.